The van der Waals surface area contributed by atoms with Gasteiger partial charge in [0.15, 0.2) is 0 Å². The van der Waals surface area contributed by atoms with Crippen LogP contribution >= 0.6 is 39.1 Å². The predicted octanol–water partition coefficient (Wildman–Crippen LogP) is -39.5. The molecule has 6 atom stereocenters. The standard InChI is InChI=1S/C6H17O21P5.10Na/c7-1-2(23-28(8,9)10)4(25-30(14,15)16)6(27-32(20,21)22)5(26-31(17,18)19)3(1)24-29(11,12)13;;;;;;;;;;/h1-7H,(H2,8,9,10)(H2,11,12,13)(H2,14,15,16)(H2,17,18,19)(H2,20,21,22);;;;;;;;;;/q;10*+1/p-10/t1?,2-,3+,4+,5-,6?;;;;;;;;;;. The summed E-state index contributed by atoms with van der Waals surface area (Å²) in [7, 11) is -32.2. The Morgan fingerprint density at radius 3 is 0.595 bits per heavy atom. The van der Waals surface area contributed by atoms with E-state index in [-0.39, 0.29) is 296 Å². The van der Waals surface area contributed by atoms with Gasteiger partial charge in [0.2, 0.25) is 0 Å². The second kappa shape index (κ2) is 32.6. The molecule has 0 amide bonds. The summed E-state index contributed by atoms with van der Waals surface area (Å²) in [6, 6.07) is 0. The van der Waals surface area contributed by atoms with Crippen LogP contribution in [0, 0.1) is 0 Å². The first-order valence-corrected chi connectivity index (χ1v) is 14.4. The van der Waals surface area contributed by atoms with Crippen molar-refractivity contribution < 1.29 is 395 Å². The SMILES string of the molecule is O=P([O-])([O-])OC1[C@@H](OP(=O)([O-])[O-])[C@H](OP(=O)([O-])[O-])C(O)[C@H](OP(=O)([O-])[O-])[C@H]1OP(=O)([O-])[O-].[Na+].[Na+].[Na+].[Na+].[Na+].[Na+].[Na+].[Na+].[Na+].[Na+]. The number of hydrogen-bond acceptors (Lipinski definition) is 21. The van der Waals surface area contributed by atoms with E-state index in [4.69, 9.17) is 0 Å². The first-order valence-electron chi connectivity index (χ1n) is 7.09. The molecule has 0 heterocycles. The molecule has 0 aliphatic heterocycles. The molecule has 21 nitrogen and oxygen atoms in total. The summed E-state index contributed by atoms with van der Waals surface area (Å²) in [5, 5.41) is 10.0. The number of hydrogen-bond donors (Lipinski definition) is 1. The fourth-order valence-corrected chi connectivity index (χ4v) is 5.19. The van der Waals surface area contributed by atoms with E-state index in [0.29, 0.717) is 0 Å². The third-order valence-corrected chi connectivity index (χ3v) is 5.73. The van der Waals surface area contributed by atoms with Gasteiger partial charge in [0.05, 0.1) is 39.1 Å². The van der Waals surface area contributed by atoms with E-state index in [2.05, 4.69) is 22.6 Å². The van der Waals surface area contributed by atoms with Crippen LogP contribution < -0.4 is 345 Å². The molecular formula is C6H7Na10O21P5. The van der Waals surface area contributed by atoms with Crippen LogP contribution in [-0.2, 0) is 45.4 Å². The van der Waals surface area contributed by atoms with Crippen LogP contribution in [0.2, 0.25) is 0 Å². The van der Waals surface area contributed by atoms with Crippen molar-refractivity contribution in [1.82, 2.24) is 0 Å². The Kier molecular flexibility index (Phi) is 59.8. The molecule has 0 aromatic heterocycles. The van der Waals surface area contributed by atoms with Crippen molar-refractivity contribution in [1.29, 1.82) is 0 Å². The fraction of sp³-hybridized carbons (Fsp3) is 1.00. The monoisotopic (exact) mass is 800 g/mol. The topological polar surface area (TPSA) is 382 Å². The molecule has 1 aliphatic rings. The summed E-state index contributed by atoms with van der Waals surface area (Å²) >= 11 is 0. The zero-order chi connectivity index (χ0) is 25.5. The van der Waals surface area contributed by atoms with E-state index in [1.807, 2.05) is 0 Å². The molecule has 0 bridgehead atoms. The maximum Gasteiger partial charge on any atom is 1.00 e. The number of rotatable bonds is 10. The molecule has 0 aromatic rings. The van der Waals surface area contributed by atoms with E-state index in [1.54, 1.807) is 0 Å². The Hall–Kier alpha value is 10.5. The van der Waals surface area contributed by atoms with Crippen molar-refractivity contribution in [2.24, 2.45) is 0 Å². The minimum absolute atomic E-state index is 0. The van der Waals surface area contributed by atoms with Gasteiger partial charge in [-0.1, -0.05) is 0 Å². The average molecular weight is 800 g/mol. The summed E-state index contributed by atoms with van der Waals surface area (Å²) in [4.78, 5) is 109. The van der Waals surface area contributed by atoms with Crippen molar-refractivity contribution in [2.75, 3.05) is 0 Å². The summed E-state index contributed by atoms with van der Waals surface area (Å²) in [5.74, 6) is 0. The van der Waals surface area contributed by atoms with Crippen LogP contribution in [-0.4, -0.2) is 41.7 Å². The van der Waals surface area contributed by atoms with Crippen molar-refractivity contribution >= 4 is 39.1 Å². The molecule has 192 valence electrons. The van der Waals surface area contributed by atoms with Gasteiger partial charge < -0.3 is 99.5 Å². The summed E-state index contributed by atoms with van der Waals surface area (Å²) in [6.07, 6.45) is -19.5. The molecule has 1 saturated carbocycles. The molecule has 1 N–H and O–H groups in total. The van der Waals surface area contributed by atoms with Gasteiger partial charge in [-0.25, -0.2) is 0 Å². The Bertz CT molecular complexity index is 858. The van der Waals surface area contributed by atoms with E-state index in [9.17, 15) is 76.9 Å². The van der Waals surface area contributed by atoms with Gasteiger partial charge in [-0.2, -0.15) is 0 Å². The molecule has 0 radical (unpaired) electrons. The third-order valence-electron chi connectivity index (χ3n) is 3.22. The Balaban J connectivity index is -0.000000128. The molecule has 1 rings (SSSR count). The third kappa shape index (κ3) is 35.0. The Labute approximate surface area is 460 Å². The number of aliphatic hydroxyl groups excluding tert-OH is 1. The number of aliphatic hydroxyl groups is 1. The van der Waals surface area contributed by atoms with Crippen LogP contribution in [0.15, 0.2) is 0 Å². The fourth-order valence-electron chi connectivity index (χ4n) is 2.49. The summed E-state index contributed by atoms with van der Waals surface area (Å²) in [6.45, 7) is 0. The first-order chi connectivity index (χ1) is 13.9. The number of phosphoric acid groups is 5. The van der Waals surface area contributed by atoms with Crippen LogP contribution in [0.3, 0.4) is 0 Å². The molecule has 0 aromatic carbocycles. The van der Waals surface area contributed by atoms with Crippen LogP contribution in [0.4, 0.5) is 0 Å². The van der Waals surface area contributed by atoms with Gasteiger partial charge in [0.25, 0.3) is 0 Å². The molecule has 1 aliphatic carbocycles. The maximum atomic E-state index is 11.0. The minimum Gasteiger partial charge on any atom is -0.790 e. The molecule has 42 heavy (non-hydrogen) atoms. The van der Waals surface area contributed by atoms with Crippen LogP contribution in [0.25, 0.3) is 0 Å². The zero-order valence-electron chi connectivity index (χ0n) is 24.3. The maximum absolute atomic E-state index is 11.0. The largest absolute Gasteiger partial charge is 1.00 e. The molecule has 36 heteroatoms. The Morgan fingerprint density at radius 2 is 0.452 bits per heavy atom. The molecule has 2 unspecified atom stereocenters. The number of phosphoric ester groups is 5. The Morgan fingerprint density at radius 1 is 0.333 bits per heavy atom. The van der Waals surface area contributed by atoms with E-state index in [0.717, 1.165) is 0 Å². The van der Waals surface area contributed by atoms with Gasteiger partial charge >= 0.3 is 296 Å². The van der Waals surface area contributed by atoms with Crippen molar-refractivity contribution in [3.05, 3.63) is 0 Å². The second-order valence-corrected chi connectivity index (χ2v) is 11.1. The quantitative estimate of drug-likeness (QED) is 0.158. The summed E-state index contributed by atoms with van der Waals surface area (Å²) < 4.78 is 73.0. The van der Waals surface area contributed by atoms with Crippen LogP contribution in [0.1, 0.15) is 0 Å². The smallest absolute Gasteiger partial charge is 0.790 e. The van der Waals surface area contributed by atoms with Gasteiger partial charge in [-0.05, 0) is 0 Å². The van der Waals surface area contributed by atoms with Gasteiger partial charge in [0, 0.05) is 0 Å². The van der Waals surface area contributed by atoms with Crippen LogP contribution in [0.5, 0.6) is 0 Å². The zero-order valence-corrected chi connectivity index (χ0v) is 48.8. The molecule has 1 fully saturated rings. The first kappa shape index (κ1) is 77.1. The average Bonchev–Trinajstić information content (AvgIpc) is 2.45. The van der Waals surface area contributed by atoms with E-state index < -0.39 is 75.7 Å². The summed E-state index contributed by atoms with van der Waals surface area (Å²) in [5.41, 5.74) is 0. The molecule has 0 spiro atoms. The van der Waals surface area contributed by atoms with Crippen molar-refractivity contribution in [3.63, 3.8) is 0 Å². The van der Waals surface area contributed by atoms with E-state index in [1.165, 1.54) is 0 Å². The second-order valence-electron chi connectivity index (χ2n) is 5.58. The van der Waals surface area contributed by atoms with Crippen molar-refractivity contribution in [2.45, 2.75) is 36.6 Å². The predicted molar refractivity (Wildman–Crippen MR) is 68.4 cm³/mol. The minimum atomic E-state index is -6.51. The van der Waals surface area contributed by atoms with Gasteiger partial charge in [-0.15, -0.1) is 0 Å². The normalized spacial score (nSPS) is 23.6. The van der Waals surface area contributed by atoms with Gasteiger partial charge in [-0.3, -0.25) is 0 Å². The molecular weight excluding hydrogens is 793 g/mol. The van der Waals surface area contributed by atoms with Crippen molar-refractivity contribution in [3.8, 4) is 0 Å². The van der Waals surface area contributed by atoms with E-state index >= 15 is 0 Å². The van der Waals surface area contributed by atoms with Gasteiger partial charge in [0.1, 0.15) is 36.6 Å². The molecule has 0 saturated heterocycles.